The lowest BCUT2D eigenvalue weighted by atomic mass is 10.2. The predicted octanol–water partition coefficient (Wildman–Crippen LogP) is -1.58. The van der Waals surface area contributed by atoms with Gasteiger partial charge in [0.15, 0.2) is 0 Å². The summed E-state index contributed by atoms with van der Waals surface area (Å²) in [6.07, 6.45) is -1.46. The van der Waals surface area contributed by atoms with Gasteiger partial charge in [-0.1, -0.05) is 0 Å². The quantitative estimate of drug-likeness (QED) is 0.580. The molecule has 0 aliphatic heterocycles. The fraction of sp³-hybridized carbons (Fsp3) is 0.333. The Bertz CT molecular complexity index is 624. The molecule has 0 aromatic heterocycles. The maximum atomic E-state index is 12.0. The van der Waals surface area contributed by atoms with E-state index in [0.29, 0.717) is 5.69 Å². The van der Waals surface area contributed by atoms with E-state index in [-0.39, 0.29) is 10.8 Å². The van der Waals surface area contributed by atoms with Gasteiger partial charge in [-0.15, -0.1) is 0 Å². The van der Waals surface area contributed by atoms with Crippen molar-refractivity contribution < 1.29 is 28.2 Å². The van der Waals surface area contributed by atoms with E-state index in [0.717, 1.165) is 6.92 Å². The van der Waals surface area contributed by atoms with E-state index >= 15 is 0 Å². The zero-order valence-electron chi connectivity index (χ0n) is 11.4. The molecule has 0 saturated heterocycles. The molecule has 1 aromatic carbocycles. The van der Waals surface area contributed by atoms with Crippen LogP contribution in [-0.2, 0) is 19.6 Å². The molecule has 1 rings (SSSR count). The van der Waals surface area contributed by atoms with Crippen molar-refractivity contribution >= 4 is 27.6 Å². The van der Waals surface area contributed by atoms with Gasteiger partial charge < -0.3 is 20.3 Å². The molecule has 116 valence electrons. The lowest BCUT2D eigenvalue weighted by molar-refractivity contribution is -0.309. The van der Waals surface area contributed by atoms with Crippen molar-refractivity contribution in [1.29, 1.82) is 0 Å². The van der Waals surface area contributed by atoms with Gasteiger partial charge in [0.1, 0.15) is 0 Å². The molecule has 0 aliphatic rings. The van der Waals surface area contributed by atoms with Gasteiger partial charge in [-0.2, -0.15) is 4.72 Å². The maximum Gasteiger partial charge on any atom is 0.241 e. The maximum absolute atomic E-state index is 12.0. The Kier molecular flexibility index (Phi) is 5.41. The molecular formula is C12H15N2O6S-. The summed E-state index contributed by atoms with van der Waals surface area (Å²) in [5, 5.41) is 22.5. The standard InChI is InChI=1S/C12H16N2O6S/c1-7(15)11(12(17)18)14-21(19,20)10-5-3-9(4-6-10)13-8(2)16/h3-7,11,14-15H,1-2H3,(H,13,16)(H,17,18)/p-1/t7-,11-/m0/s1. The number of nitrogens with one attached hydrogen (secondary N) is 2. The Hall–Kier alpha value is -1.97. The fourth-order valence-corrected chi connectivity index (χ4v) is 2.76. The summed E-state index contributed by atoms with van der Waals surface area (Å²) >= 11 is 0. The summed E-state index contributed by atoms with van der Waals surface area (Å²) in [6, 6.07) is 3.34. The van der Waals surface area contributed by atoms with Crippen LogP contribution in [0.1, 0.15) is 13.8 Å². The Morgan fingerprint density at radius 1 is 1.24 bits per heavy atom. The van der Waals surface area contributed by atoms with Crippen molar-refractivity contribution in [2.24, 2.45) is 0 Å². The minimum Gasteiger partial charge on any atom is -0.548 e. The third-order valence-electron chi connectivity index (χ3n) is 2.50. The van der Waals surface area contributed by atoms with Crippen LogP contribution in [0.2, 0.25) is 0 Å². The SMILES string of the molecule is CC(=O)Nc1ccc(S(=O)(=O)N[C@H](C(=O)[O-])[C@H](C)O)cc1. The van der Waals surface area contributed by atoms with Gasteiger partial charge in [0.05, 0.1) is 23.0 Å². The average Bonchev–Trinajstić information content (AvgIpc) is 2.35. The second kappa shape index (κ2) is 6.66. The second-order valence-electron chi connectivity index (χ2n) is 4.36. The summed E-state index contributed by atoms with van der Waals surface area (Å²) in [5.41, 5.74) is 0.397. The van der Waals surface area contributed by atoms with Crippen molar-refractivity contribution in [2.45, 2.75) is 30.9 Å². The Morgan fingerprint density at radius 3 is 2.14 bits per heavy atom. The van der Waals surface area contributed by atoms with Crippen LogP contribution in [0, 0.1) is 0 Å². The van der Waals surface area contributed by atoms with Crippen LogP contribution in [0.25, 0.3) is 0 Å². The molecule has 1 aromatic rings. The number of carbonyl (C=O) groups excluding carboxylic acids is 2. The number of aliphatic carboxylic acids is 1. The zero-order valence-corrected chi connectivity index (χ0v) is 12.2. The normalized spacial score (nSPS) is 14.2. The highest BCUT2D eigenvalue weighted by Crippen LogP contribution is 2.14. The van der Waals surface area contributed by atoms with E-state index in [9.17, 15) is 28.2 Å². The van der Waals surface area contributed by atoms with Crippen LogP contribution in [0.4, 0.5) is 5.69 Å². The monoisotopic (exact) mass is 315 g/mol. The summed E-state index contributed by atoms with van der Waals surface area (Å²) in [4.78, 5) is 21.4. The third kappa shape index (κ3) is 4.81. The summed E-state index contributed by atoms with van der Waals surface area (Å²) in [7, 11) is -4.14. The highest BCUT2D eigenvalue weighted by molar-refractivity contribution is 7.89. The molecular weight excluding hydrogens is 300 g/mol. The first kappa shape index (κ1) is 17.1. The van der Waals surface area contributed by atoms with Crippen molar-refractivity contribution in [2.75, 3.05) is 5.32 Å². The molecule has 0 radical (unpaired) electrons. The number of benzene rings is 1. The number of carbonyl (C=O) groups is 2. The van der Waals surface area contributed by atoms with Crippen molar-refractivity contribution in [3.63, 3.8) is 0 Å². The van der Waals surface area contributed by atoms with Crippen LogP contribution in [-0.4, -0.2) is 37.5 Å². The van der Waals surface area contributed by atoms with Gasteiger partial charge in [-0.3, -0.25) is 4.79 Å². The number of sulfonamides is 1. The van der Waals surface area contributed by atoms with Crippen LogP contribution in [0.15, 0.2) is 29.2 Å². The molecule has 8 nitrogen and oxygen atoms in total. The Morgan fingerprint density at radius 2 is 1.76 bits per heavy atom. The van der Waals surface area contributed by atoms with Gasteiger partial charge in [0.2, 0.25) is 15.9 Å². The zero-order chi connectivity index (χ0) is 16.2. The third-order valence-corrected chi connectivity index (χ3v) is 3.96. The molecule has 0 heterocycles. The number of rotatable bonds is 6. The lowest BCUT2D eigenvalue weighted by Gasteiger charge is -2.22. The molecule has 9 heteroatoms. The summed E-state index contributed by atoms with van der Waals surface area (Å²) in [5.74, 6) is -2.04. The fourth-order valence-electron chi connectivity index (χ4n) is 1.50. The van der Waals surface area contributed by atoms with Crippen LogP contribution >= 0.6 is 0 Å². The van der Waals surface area contributed by atoms with Gasteiger partial charge in [-0.25, -0.2) is 8.42 Å². The number of hydrogen-bond acceptors (Lipinski definition) is 6. The molecule has 0 bridgehead atoms. The number of aliphatic hydroxyl groups excluding tert-OH is 1. The van der Waals surface area contributed by atoms with Crippen molar-refractivity contribution in [3.8, 4) is 0 Å². The molecule has 0 fully saturated rings. The largest absolute Gasteiger partial charge is 0.548 e. The summed E-state index contributed by atoms with van der Waals surface area (Å²) in [6.45, 7) is 2.43. The molecule has 0 spiro atoms. The molecule has 0 saturated carbocycles. The first-order valence-electron chi connectivity index (χ1n) is 5.92. The number of aliphatic hydroxyl groups is 1. The minimum atomic E-state index is -4.14. The molecule has 0 aliphatic carbocycles. The number of carboxylic acids is 1. The molecule has 2 atom stereocenters. The van der Waals surface area contributed by atoms with E-state index in [1.54, 1.807) is 0 Å². The van der Waals surface area contributed by atoms with Gasteiger partial charge >= 0.3 is 0 Å². The number of carboxylic acid groups (broad SMARTS) is 1. The first-order chi connectivity index (χ1) is 9.63. The summed E-state index contributed by atoms with van der Waals surface area (Å²) < 4.78 is 25.8. The first-order valence-corrected chi connectivity index (χ1v) is 7.40. The van der Waals surface area contributed by atoms with Crippen molar-refractivity contribution in [3.05, 3.63) is 24.3 Å². The molecule has 21 heavy (non-hydrogen) atoms. The molecule has 1 amide bonds. The minimum absolute atomic E-state index is 0.205. The highest BCUT2D eigenvalue weighted by Gasteiger charge is 2.24. The van der Waals surface area contributed by atoms with E-state index in [1.807, 2.05) is 4.72 Å². The number of hydrogen-bond donors (Lipinski definition) is 3. The average molecular weight is 315 g/mol. The second-order valence-corrected chi connectivity index (χ2v) is 6.08. The van der Waals surface area contributed by atoms with E-state index in [4.69, 9.17) is 0 Å². The smallest absolute Gasteiger partial charge is 0.241 e. The van der Waals surface area contributed by atoms with Crippen LogP contribution < -0.4 is 15.1 Å². The Labute approximate surface area is 121 Å². The van der Waals surface area contributed by atoms with Gasteiger partial charge in [0.25, 0.3) is 0 Å². The highest BCUT2D eigenvalue weighted by atomic mass is 32.2. The number of amides is 1. The lowest BCUT2D eigenvalue weighted by Crippen LogP contribution is -2.53. The van der Waals surface area contributed by atoms with E-state index in [1.165, 1.54) is 31.2 Å². The van der Waals surface area contributed by atoms with Gasteiger partial charge in [0, 0.05) is 12.6 Å². The van der Waals surface area contributed by atoms with Crippen LogP contribution in [0.5, 0.6) is 0 Å². The van der Waals surface area contributed by atoms with E-state index in [2.05, 4.69) is 5.32 Å². The van der Waals surface area contributed by atoms with Crippen LogP contribution in [0.3, 0.4) is 0 Å². The van der Waals surface area contributed by atoms with Gasteiger partial charge in [-0.05, 0) is 31.2 Å². The molecule has 0 unspecified atom stereocenters. The molecule has 3 N–H and O–H groups in total. The Balaban J connectivity index is 2.97. The number of anilines is 1. The van der Waals surface area contributed by atoms with Crippen molar-refractivity contribution in [1.82, 2.24) is 4.72 Å². The predicted molar refractivity (Wildman–Crippen MR) is 71.5 cm³/mol. The van der Waals surface area contributed by atoms with E-state index < -0.39 is 28.1 Å². The topological polar surface area (TPSA) is 136 Å².